The third-order valence-electron chi connectivity index (χ3n) is 6.54. The molecule has 0 aromatic heterocycles. The monoisotopic (exact) mass is 599 g/mol. The van der Waals surface area contributed by atoms with Crippen LogP contribution in [0.2, 0.25) is 0 Å². The van der Waals surface area contributed by atoms with E-state index in [-0.39, 0.29) is 18.9 Å². The Morgan fingerprint density at radius 2 is 1.49 bits per heavy atom. The van der Waals surface area contributed by atoms with E-state index >= 15 is 0 Å². The third kappa shape index (κ3) is 8.04. The summed E-state index contributed by atoms with van der Waals surface area (Å²) in [5.41, 5.74) is 1.55. The molecular weight excluding hydrogens is 566 g/mol. The van der Waals surface area contributed by atoms with Crippen LogP contribution in [0.5, 0.6) is 0 Å². The predicted octanol–water partition coefficient (Wildman–Crippen LogP) is 3.05. The van der Waals surface area contributed by atoms with Gasteiger partial charge in [-0.25, -0.2) is 9.59 Å². The van der Waals surface area contributed by atoms with Crippen molar-refractivity contribution in [1.29, 1.82) is 0 Å². The zero-order chi connectivity index (χ0) is 29.4. The van der Waals surface area contributed by atoms with Gasteiger partial charge < -0.3 is 19.7 Å². The molecule has 12 heteroatoms. The molecule has 4 rings (SSSR count). The Kier molecular flexibility index (Phi) is 10.7. The standard InChI is InChI=1S/C29H33N3O7S2/c1-19(2)39-28(36)25(33)22(13-20-9-5-3-6-10-20)26(34)30-24-16-41-18-32(24)27(35)23-15-40-17-31(23)29(37)38-14-21-11-7-4-8-12-21/h3-12,19,22-24H,13-18H2,1-2H3,(H,30,34)/t22-,23-,24+/m0/s1. The average Bonchev–Trinajstić information content (AvgIpc) is 3.65. The van der Waals surface area contributed by atoms with Crippen LogP contribution in [0.3, 0.4) is 0 Å². The molecule has 0 aliphatic carbocycles. The molecule has 2 aromatic rings. The number of esters is 1. The zero-order valence-electron chi connectivity index (χ0n) is 22.9. The molecule has 10 nitrogen and oxygen atoms in total. The maximum atomic E-state index is 13.6. The molecule has 2 heterocycles. The molecule has 0 unspecified atom stereocenters. The highest BCUT2D eigenvalue weighted by Gasteiger charge is 2.43. The molecule has 2 saturated heterocycles. The van der Waals surface area contributed by atoms with Gasteiger partial charge in [0.05, 0.1) is 17.9 Å². The second kappa shape index (κ2) is 14.4. The van der Waals surface area contributed by atoms with E-state index in [1.54, 1.807) is 38.1 Å². The lowest BCUT2D eigenvalue weighted by Gasteiger charge is -2.31. The Labute approximate surface area is 247 Å². The maximum Gasteiger partial charge on any atom is 0.411 e. The summed E-state index contributed by atoms with van der Waals surface area (Å²) in [5, 5.41) is 2.81. The highest BCUT2D eigenvalue weighted by molar-refractivity contribution is 7.99. The van der Waals surface area contributed by atoms with Gasteiger partial charge in [-0.15, -0.1) is 23.5 Å². The smallest absolute Gasteiger partial charge is 0.411 e. The molecule has 218 valence electrons. The molecule has 2 aliphatic heterocycles. The highest BCUT2D eigenvalue weighted by Crippen LogP contribution is 2.28. The van der Waals surface area contributed by atoms with Crippen molar-refractivity contribution in [2.75, 3.05) is 23.3 Å². The van der Waals surface area contributed by atoms with Gasteiger partial charge in [-0.2, -0.15) is 0 Å². The van der Waals surface area contributed by atoms with Crippen molar-refractivity contribution >= 4 is 53.2 Å². The fourth-order valence-corrected chi connectivity index (χ4v) is 6.66. The Balaban J connectivity index is 1.42. The Morgan fingerprint density at radius 1 is 0.878 bits per heavy atom. The van der Waals surface area contributed by atoms with Gasteiger partial charge in [0.2, 0.25) is 11.8 Å². The van der Waals surface area contributed by atoms with Crippen LogP contribution in [-0.4, -0.2) is 81.0 Å². The van der Waals surface area contributed by atoms with Crippen LogP contribution in [0.25, 0.3) is 0 Å². The van der Waals surface area contributed by atoms with Crippen molar-refractivity contribution in [3.05, 3.63) is 71.8 Å². The molecule has 0 spiro atoms. The normalized spacial score (nSPS) is 19.1. The van der Waals surface area contributed by atoms with E-state index in [9.17, 15) is 24.0 Å². The van der Waals surface area contributed by atoms with Crippen LogP contribution in [-0.2, 0) is 41.7 Å². The van der Waals surface area contributed by atoms with E-state index in [0.29, 0.717) is 28.8 Å². The van der Waals surface area contributed by atoms with E-state index in [2.05, 4.69) is 5.32 Å². The van der Waals surface area contributed by atoms with Gasteiger partial charge in [0.25, 0.3) is 5.78 Å². The van der Waals surface area contributed by atoms with Crippen LogP contribution in [0.15, 0.2) is 60.7 Å². The summed E-state index contributed by atoms with van der Waals surface area (Å²) < 4.78 is 10.5. The van der Waals surface area contributed by atoms with E-state index in [1.807, 2.05) is 36.4 Å². The minimum Gasteiger partial charge on any atom is -0.457 e. The summed E-state index contributed by atoms with van der Waals surface area (Å²) in [4.78, 5) is 68.3. The Morgan fingerprint density at radius 3 is 2.15 bits per heavy atom. The Bertz CT molecular complexity index is 1250. The number of nitrogens with zero attached hydrogens (tertiary/aromatic N) is 2. The molecule has 2 aromatic carbocycles. The molecule has 0 saturated carbocycles. The molecule has 0 bridgehead atoms. The van der Waals surface area contributed by atoms with Crippen molar-refractivity contribution in [2.24, 2.45) is 5.92 Å². The molecule has 0 radical (unpaired) electrons. The second-order valence-corrected chi connectivity index (χ2v) is 11.9. The topological polar surface area (TPSA) is 122 Å². The van der Waals surface area contributed by atoms with E-state index < -0.39 is 48.0 Å². The second-order valence-electron chi connectivity index (χ2n) is 9.92. The summed E-state index contributed by atoms with van der Waals surface area (Å²) in [7, 11) is 0. The van der Waals surface area contributed by atoms with Crippen molar-refractivity contribution in [1.82, 2.24) is 15.1 Å². The van der Waals surface area contributed by atoms with E-state index in [0.717, 1.165) is 5.56 Å². The number of ether oxygens (including phenoxy) is 2. The largest absolute Gasteiger partial charge is 0.457 e. The number of rotatable bonds is 10. The predicted molar refractivity (Wildman–Crippen MR) is 156 cm³/mol. The number of benzene rings is 2. The van der Waals surface area contributed by atoms with Crippen molar-refractivity contribution < 1.29 is 33.4 Å². The SMILES string of the molecule is CC(C)OC(=O)C(=O)[C@H](Cc1ccccc1)C(=O)N[C@H]1CSCN1C(=O)[C@@H]1CSCN1C(=O)OCc1ccccc1. The average molecular weight is 600 g/mol. The van der Waals surface area contributed by atoms with Crippen LogP contribution < -0.4 is 5.32 Å². The third-order valence-corrected chi connectivity index (χ3v) is 8.57. The number of nitrogens with one attached hydrogen (secondary N) is 1. The van der Waals surface area contributed by atoms with Crippen molar-refractivity contribution in [3.8, 4) is 0 Å². The minimum atomic E-state index is -1.32. The first-order valence-corrected chi connectivity index (χ1v) is 15.6. The van der Waals surface area contributed by atoms with Gasteiger partial charge in [0, 0.05) is 11.5 Å². The van der Waals surface area contributed by atoms with E-state index in [4.69, 9.17) is 9.47 Å². The van der Waals surface area contributed by atoms with Crippen LogP contribution in [0.1, 0.15) is 25.0 Å². The van der Waals surface area contributed by atoms with Gasteiger partial charge in [0.15, 0.2) is 0 Å². The Hall–Kier alpha value is -3.51. The molecule has 1 N–H and O–H groups in total. The van der Waals surface area contributed by atoms with Crippen LogP contribution in [0.4, 0.5) is 4.79 Å². The first kappa shape index (κ1) is 30.4. The molecule has 2 aliphatic rings. The van der Waals surface area contributed by atoms with Crippen LogP contribution >= 0.6 is 23.5 Å². The fraction of sp³-hybridized carbons (Fsp3) is 0.414. The lowest BCUT2D eigenvalue weighted by atomic mass is 9.94. The molecule has 41 heavy (non-hydrogen) atoms. The lowest BCUT2D eigenvalue weighted by Crippen LogP contribution is -2.56. The summed E-state index contributed by atoms with van der Waals surface area (Å²) in [5.74, 6) is -2.89. The van der Waals surface area contributed by atoms with Crippen molar-refractivity contribution in [3.63, 3.8) is 0 Å². The first-order chi connectivity index (χ1) is 19.7. The first-order valence-electron chi connectivity index (χ1n) is 13.3. The van der Waals surface area contributed by atoms with Crippen LogP contribution in [0, 0.1) is 5.92 Å². The molecular formula is C29H33N3O7S2. The molecule has 3 atom stereocenters. The van der Waals surface area contributed by atoms with E-state index in [1.165, 1.54) is 33.3 Å². The zero-order valence-corrected chi connectivity index (χ0v) is 24.5. The maximum absolute atomic E-state index is 13.6. The summed E-state index contributed by atoms with van der Waals surface area (Å²) in [6.07, 6.45) is -1.80. The molecule has 3 amide bonds. The lowest BCUT2D eigenvalue weighted by molar-refractivity contribution is -0.160. The molecule has 2 fully saturated rings. The summed E-state index contributed by atoms with van der Waals surface area (Å²) in [6, 6.07) is 17.5. The van der Waals surface area contributed by atoms with Crippen molar-refractivity contribution in [2.45, 2.75) is 45.2 Å². The number of carbonyl (C=O) groups is 5. The summed E-state index contributed by atoms with van der Waals surface area (Å²) in [6.45, 7) is 3.34. The number of ketones is 1. The van der Waals surface area contributed by atoms with Gasteiger partial charge >= 0.3 is 12.1 Å². The van der Waals surface area contributed by atoms with Gasteiger partial charge in [-0.3, -0.25) is 19.3 Å². The fourth-order valence-electron chi connectivity index (χ4n) is 4.43. The number of thioether (sulfide) groups is 2. The number of amides is 3. The number of hydrogen-bond donors (Lipinski definition) is 1. The van der Waals surface area contributed by atoms with Gasteiger partial charge in [-0.05, 0) is 31.4 Å². The quantitative estimate of drug-likeness (QED) is 0.249. The number of Topliss-reactive ketones (excluding diaryl/α,β-unsaturated/α-hetero) is 1. The van der Waals surface area contributed by atoms with Gasteiger partial charge in [0.1, 0.15) is 24.7 Å². The minimum absolute atomic E-state index is 0.00675. The number of hydrogen-bond acceptors (Lipinski definition) is 9. The number of carbonyl (C=O) groups excluding carboxylic acids is 5. The highest BCUT2D eigenvalue weighted by atomic mass is 32.2. The van der Waals surface area contributed by atoms with Gasteiger partial charge in [-0.1, -0.05) is 60.7 Å². The summed E-state index contributed by atoms with van der Waals surface area (Å²) >= 11 is 2.90.